The number of carboxylic acid groups (broad SMARTS) is 1. The van der Waals surface area contributed by atoms with Gasteiger partial charge >= 0.3 is 17.3 Å². The predicted molar refractivity (Wildman–Crippen MR) is 58.3 cm³/mol. The minimum absolute atomic E-state index is 0. The van der Waals surface area contributed by atoms with Gasteiger partial charge in [-0.1, -0.05) is 12.1 Å². The molecule has 0 fully saturated rings. The Kier molecular flexibility index (Phi) is 5.00. The van der Waals surface area contributed by atoms with Crippen LogP contribution in [0.25, 0.3) is 0 Å². The maximum atomic E-state index is 10.6. The Morgan fingerprint density at radius 3 is 2.24 bits per heavy atom. The number of halogens is 1. The van der Waals surface area contributed by atoms with Gasteiger partial charge in [-0.05, 0) is 0 Å². The number of rotatable bonds is 4. The summed E-state index contributed by atoms with van der Waals surface area (Å²) in [6, 6.07) is 3.35. The minimum atomic E-state index is -1.29. The van der Waals surface area contributed by atoms with Gasteiger partial charge in [0.2, 0.25) is 0 Å². The van der Waals surface area contributed by atoms with E-state index in [0.717, 1.165) is 6.07 Å². The fourth-order valence-corrected chi connectivity index (χ4v) is 1.24. The van der Waals surface area contributed by atoms with Crippen LogP contribution in [-0.4, -0.2) is 20.9 Å². The van der Waals surface area contributed by atoms with Gasteiger partial charge in [-0.2, -0.15) is 0 Å². The summed E-state index contributed by atoms with van der Waals surface area (Å²) < 4.78 is 0. The van der Waals surface area contributed by atoms with Gasteiger partial charge in [0.05, 0.1) is 16.3 Å². The number of nitrogens with zero attached hydrogens (tertiary/aromatic N) is 2. The van der Waals surface area contributed by atoms with Gasteiger partial charge in [-0.15, -0.1) is 12.4 Å². The van der Waals surface area contributed by atoms with Crippen LogP contribution in [0, 0.1) is 20.2 Å². The number of para-hydroxylation sites is 1. The van der Waals surface area contributed by atoms with Crippen molar-refractivity contribution in [3.8, 4) is 0 Å². The summed E-state index contributed by atoms with van der Waals surface area (Å²) >= 11 is 0. The number of carbonyl (C=O) groups is 1. The molecule has 0 atom stereocenters. The maximum absolute atomic E-state index is 10.6. The highest BCUT2D eigenvalue weighted by Gasteiger charge is 2.28. The van der Waals surface area contributed by atoms with Crippen LogP contribution in [0.1, 0.15) is 5.56 Å². The van der Waals surface area contributed by atoms with Crippen molar-refractivity contribution >= 4 is 29.8 Å². The average molecular weight is 263 g/mol. The molecular weight excluding hydrogens is 256 g/mol. The Labute approximate surface area is 101 Å². The molecule has 92 valence electrons. The van der Waals surface area contributed by atoms with E-state index in [1.54, 1.807) is 0 Å². The fraction of sp³-hybridized carbons (Fsp3) is 0.125. The van der Waals surface area contributed by atoms with Crippen LogP contribution in [-0.2, 0) is 11.2 Å². The second-order valence-electron chi connectivity index (χ2n) is 2.87. The number of nitro benzene ring substituents is 2. The van der Waals surface area contributed by atoms with Crippen molar-refractivity contribution in [2.24, 2.45) is 0 Å². The zero-order chi connectivity index (χ0) is 12.3. The SMILES string of the molecule is Cl.O=C(O)Cc1cccc([N+](=O)[O-])c1[N+](=O)[O-]. The van der Waals surface area contributed by atoms with Crippen LogP contribution in [0.4, 0.5) is 11.4 Å². The molecule has 0 aliphatic carbocycles. The molecule has 1 aromatic rings. The van der Waals surface area contributed by atoms with Crippen molar-refractivity contribution in [3.05, 3.63) is 44.0 Å². The first-order valence-electron chi connectivity index (χ1n) is 4.06. The molecular formula is C8H7ClN2O6. The third-order valence-electron chi connectivity index (χ3n) is 1.82. The first-order valence-corrected chi connectivity index (χ1v) is 4.06. The largest absolute Gasteiger partial charge is 0.481 e. The molecule has 0 amide bonds. The lowest BCUT2D eigenvalue weighted by molar-refractivity contribution is -0.422. The second kappa shape index (κ2) is 5.75. The third-order valence-corrected chi connectivity index (χ3v) is 1.82. The van der Waals surface area contributed by atoms with Gasteiger partial charge in [0.15, 0.2) is 0 Å². The number of carboxylic acids is 1. The molecule has 9 heteroatoms. The van der Waals surface area contributed by atoms with Crippen molar-refractivity contribution in [3.63, 3.8) is 0 Å². The second-order valence-corrected chi connectivity index (χ2v) is 2.87. The Bertz CT molecular complexity index is 475. The highest BCUT2D eigenvalue weighted by Crippen LogP contribution is 2.30. The first kappa shape index (κ1) is 14.8. The summed E-state index contributed by atoms with van der Waals surface area (Å²) in [7, 11) is 0. The Morgan fingerprint density at radius 1 is 1.24 bits per heavy atom. The number of benzene rings is 1. The molecule has 17 heavy (non-hydrogen) atoms. The highest BCUT2D eigenvalue weighted by molar-refractivity contribution is 5.85. The monoisotopic (exact) mass is 262 g/mol. The van der Waals surface area contributed by atoms with Gasteiger partial charge in [-0.3, -0.25) is 25.0 Å². The van der Waals surface area contributed by atoms with Gasteiger partial charge in [-0.25, -0.2) is 0 Å². The van der Waals surface area contributed by atoms with Crippen molar-refractivity contribution in [2.45, 2.75) is 6.42 Å². The van der Waals surface area contributed by atoms with E-state index >= 15 is 0 Å². The van der Waals surface area contributed by atoms with E-state index in [2.05, 4.69) is 0 Å². The molecule has 0 radical (unpaired) electrons. The molecule has 0 saturated heterocycles. The quantitative estimate of drug-likeness (QED) is 0.648. The zero-order valence-electron chi connectivity index (χ0n) is 8.23. The van der Waals surface area contributed by atoms with Crippen molar-refractivity contribution in [1.82, 2.24) is 0 Å². The van der Waals surface area contributed by atoms with Crippen LogP contribution in [0.2, 0.25) is 0 Å². The molecule has 0 heterocycles. The molecule has 1 N–H and O–H groups in total. The van der Waals surface area contributed by atoms with Crippen LogP contribution in [0.15, 0.2) is 18.2 Å². The van der Waals surface area contributed by atoms with Crippen LogP contribution < -0.4 is 0 Å². The molecule has 0 aromatic heterocycles. The molecule has 8 nitrogen and oxygen atoms in total. The summed E-state index contributed by atoms with van der Waals surface area (Å²) in [5.41, 5.74) is -1.66. The molecule has 0 unspecified atom stereocenters. The van der Waals surface area contributed by atoms with Gasteiger partial charge < -0.3 is 5.11 Å². The van der Waals surface area contributed by atoms with Crippen molar-refractivity contribution < 1.29 is 19.7 Å². The number of hydrogen-bond acceptors (Lipinski definition) is 5. The van der Waals surface area contributed by atoms with E-state index in [9.17, 15) is 25.0 Å². The average Bonchev–Trinajstić information content (AvgIpc) is 2.15. The molecule has 0 bridgehead atoms. The lowest BCUT2D eigenvalue weighted by Gasteiger charge is -2.00. The summed E-state index contributed by atoms with van der Waals surface area (Å²) in [5, 5.41) is 29.7. The first-order chi connectivity index (χ1) is 7.43. The Morgan fingerprint density at radius 2 is 1.82 bits per heavy atom. The van der Waals surface area contributed by atoms with Crippen LogP contribution >= 0.6 is 12.4 Å². The predicted octanol–water partition coefficient (Wildman–Crippen LogP) is 1.55. The number of hydrogen-bond donors (Lipinski definition) is 1. The molecule has 0 spiro atoms. The van der Waals surface area contributed by atoms with Crippen LogP contribution in [0.5, 0.6) is 0 Å². The smallest absolute Gasteiger partial charge is 0.349 e. The van der Waals surface area contributed by atoms with E-state index in [4.69, 9.17) is 5.11 Å². The third kappa shape index (κ3) is 3.38. The lowest BCUT2D eigenvalue weighted by Crippen LogP contribution is -2.05. The highest BCUT2D eigenvalue weighted by atomic mass is 35.5. The summed E-state index contributed by atoms with van der Waals surface area (Å²) in [4.78, 5) is 29.7. The van der Waals surface area contributed by atoms with E-state index in [0.29, 0.717) is 0 Å². The van der Waals surface area contributed by atoms with Gasteiger partial charge in [0.25, 0.3) is 0 Å². The van der Waals surface area contributed by atoms with Crippen molar-refractivity contribution in [2.75, 3.05) is 0 Å². The standard InChI is InChI=1S/C8H6N2O6.ClH/c11-7(12)4-5-2-1-3-6(9(13)14)8(5)10(15)16;/h1-3H,4H2,(H,11,12);1H. The minimum Gasteiger partial charge on any atom is -0.481 e. The Hall–Kier alpha value is -2.22. The van der Waals surface area contributed by atoms with Crippen molar-refractivity contribution in [1.29, 1.82) is 0 Å². The Balaban J connectivity index is 0.00000256. The van der Waals surface area contributed by atoms with E-state index in [1.165, 1.54) is 12.1 Å². The molecule has 0 aliphatic heterocycles. The molecule has 1 rings (SSSR count). The van der Waals surface area contributed by atoms with Crippen LogP contribution in [0.3, 0.4) is 0 Å². The fourth-order valence-electron chi connectivity index (χ4n) is 1.24. The van der Waals surface area contributed by atoms with Gasteiger partial charge in [0.1, 0.15) is 0 Å². The van der Waals surface area contributed by atoms with E-state index < -0.39 is 33.6 Å². The summed E-state index contributed by atoms with van der Waals surface area (Å²) in [6.07, 6.45) is -0.627. The number of aliphatic carboxylic acids is 1. The summed E-state index contributed by atoms with van der Waals surface area (Å²) in [6.45, 7) is 0. The molecule has 0 aliphatic rings. The van der Waals surface area contributed by atoms with Gasteiger partial charge in [0, 0.05) is 11.6 Å². The normalized spacial score (nSPS) is 9.18. The maximum Gasteiger partial charge on any atom is 0.349 e. The lowest BCUT2D eigenvalue weighted by atomic mass is 10.1. The van der Waals surface area contributed by atoms with E-state index in [-0.39, 0.29) is 18.0 Å². The summed E-state index contributed by atoms with van der Waals surface area (Å²) in [5.74, 6) is -1.29. The van der Waals surface area contributed by atoms with E-state index in [1.807, 2.05) is 0 Å². The number of nitro groups is 2. The molecule has 1 aromatic carbocycles. The topological polar surface area (TPSA) is 124 Å². The zero-order valence-corrected chi connectivity index (χ0v) is 9.05. The molecule has 0 saturated carbocycles.